The highest BCUT2D eigenvalue weighted by molar-refractivity contribution is 6.32. The fourth-order valence-electron chi connectivity index (χ4n) is 3.20. The molecule has 1 unspecified atom stereocenters. The lowest BCUT2D eigenvalue weighted by atomic mass is 10.1. The number of anilines is 1. The fraction of sp³-hybridized carbons (Fsp3) is 0.375. The van der Waals surface area contributed by atoms with Gasteiger partial charge in [0.05, 0.1) is 17.9 Å². The maximum Gasteiger partial charge on any atom is 0.279 e. The van der Waals surface area contributed by atoms with Crippen molar-refractivity contribution >= 4 is 23.2 Å². The largest absolute Gasteiger partial charge is 0.350 e. The van der Waals surface area contributed by atoms with Crippen molar-refractivity contribution in [2.75, 3.05) is 18.4 Å². The lowest BCUT2D eigenvalue weighted by Gasteiger charge is -2.21. The number of carbonyl (C=O) groups excluding carboxylic acids is 1. The van der Waals surface area contributed by atoms with Crippen LogP contribution in [0.15, 0.2) is 36.7 Å². The number of nitrogens with zero attached hydrogens (tertiary/aromatic N) is 2. The average Bonchev–Trinajstić information content (AvgIpc) is 3.10. The van der Waals surface area contributed by atoms with Crippen LogP contribution in [0.25, 0.3) is 0 Å². The zero-order valence-electron chi connectivity index (χ0n) is 12.6. The van der Waals surface area contributed by atoms with Crippen molar-refractivity contribution in [1.82, 2.24) is 9.55 Å². The van der Waals surface area contributed by atoms with E-state index in [0.717, 1.165) is 19.4 Å². The van der Waals surface area contributed by atoms with Gasteiger partial charge in [-0.1, -0.05) is 11.6 Å². The number of rotatable bonds is 4. The highest BCUT2D eigenvalue weighted by Gasteiger charge is 2.33. The Morgan fingerprint density at radius 2 is 2.36 bits per heavy atom. The molecule has 1 aliphatic heterocycles. The lowest BCUT2D eigenvalue weighted by molar-refractivity contribution is -0.910. The van der Waals surface area contributed by atoms with E-state index in [4.69, 9.17) is 11.6 Å². The molecule has 2 N–H and O–H groups in total. The van der Waals surface area contributed by atoms with E-state index in [-0.39, 0.29) is 5.91 Å². The van der Waals surface area contributed by atoms with Crippen LogP contribution in [0.2, 0.25) is 5.15 Å². The van der Waals surface area contributed by atoms with Crippen LogP contribution in [0.4, 0.5) is 5.69 Å². The third-order valence-electron chi connectivity index (χ3n) is 4.25. The molecule has 6 heteroatoms. The number of halogens is 1. The van der Waals surface area contributed by atoms with Crippen LogP contribution in [0.3, 0.4) is 0 Å². The normalized spacial score (nSPS) is 21.0. The molecule has 1 saturated heterocycles. The molecule has 0 saturated carbocycles. The molecule has 2 atom stereocenters. The molecule has 2 aromatic rings. The second-order valence-corrected chi connectivity index (χ2v) is 6.07. The number of quaternary nitrogens is 1. The Labute approximate surface area is 134 Å². The van der Waals surface area contributed by atoms with Crippen LogP contribution in [-0.2, 0) is 11.8 Å². The van der Waals surface area contributed by atoms with Crippen LogP contribution in [0, 0.1) is 0 Å². The van der Waals surface area contributed by atoms with Gasteiger partial charge in [0.1, 0.15) is 6.04 Å². The van der Waals surface area contributed by atoms with Gasteiger partial charge < -0.3 is 14.8 Å². The van der Waals surface area contributed by atoms with Gasteiger partial charge in [0.15, 0.2) is 11.7 Å². The highest BCUT2D eigenvalue weighted by Crippen LogP contribution is 2.19. The Kier molecular flexibility index (Phi) is 4.45. The summed E-state index contributed by atoms with van der Waals surface area (Å²) in [5.74, 6) is -0.0222. The first-order valence-corrected chi connectivity index (χ1v) is 7.89. The van der Waals surface area contributed by atoms with E-state index < -0.39 is 0 Å². The van der Waals surface area contributed by atoms with Crippen LogP contribution < -0.4 is 10.2 Å². The molecule has 3 heterocycles. The minimum Gasteiger partial charge on any atom is -0.350 e. The van der Waals surface area contributed by atoms with Gasteiger partial charge in [0, 0.05) is 32.3 Å². The molecular weight excluding hydrogens is 300 g/mol. The van der Waals surface area contributed by atoms with E-state index in [1.165, 1.54) is 10.6 Å². The van der Waals surface area contributed by atoms with Crippen molar-refractivity contribution in [2.45, 2.75) is 18.9 Å². The molecule has 3 rings (SSSR count). The average molecular weight is 320 g/mol. The molecule has 2 aromatic heterocycles. The number of pyridine rings is 1. The molecule has 5 nitrogen and oxygen atoms in total. The Bertz CT molecular complexity index is 670. The second-order valence-electron chi connectivity index (χ2n) is 5.71. The van der Waals surface area contributed by atoms with Gasteiger partial charge in [-0.3, -0.25) is 4.79 Å². The first kappa shape index (κ1) is 15.1. The third kappa shape index (κ3) is 3.15. The minimum atomic E-state index is -0.0222. The number of hydrogen-bond acceptors (Lipinski definition) is 2. The quantitative estimate of drug-likeness (QED) is 0.838. The predicted octanol–water partition coefficient (Wildman–Crippen LogP) is 1.43. The third-order valence-corrected chi connectivity index (χ3v) is 4.55. The molecule has 0 aliphatic carbocycles. The van der Waals surface area contributed by atoms with Gasteiger partial charge >= 0.3 is 0 Å². The molecule has 1 amide bonds. The van der Waals surface area contributed by atoms with Gasteiger partial charge in [0.25, 0.3) is 5.91 Å². The summed E-state index contributed by atoms with van der Waals surface area (Å²) in [6.45, 7) is 1.46. The van der Waals surface area contributed by atoms with E-state index in [9.17, 15) is 4.79 Å². The first-order chi connectivity index (χ1) is 10.6. The number of aromatic nitrogens is 2. The zero-order chi connectivity index (χ0) is 15.5. The molecule has 1 fully saturated rings. The number of likely N-dealkylation sites (tertiary alicyclic amines) is 1. The fourth-order valence-corrected chi connectivity index (χ4v) is 3.36. The van der Waals surface area contributed by atoms with Gasteiger partial charge in [-0.25, -0.2) is 4.98 Å². The van der Waals surface area contributed by atoms with E-state index in [0.29, 0.717) is 23.4 Å². The van der Waals surface area contributed by atoms with E-state index in [1.54, 1.807) is 18.3 Å². The maximum atomic E-state index is 12.3. The van der Waals surface area contributed by atoms with E-state index in [1.807, 2.05) is 0 Å². The van der Waals surface area contributed by atoms with Crippen LogP contribution in [-0.4, -0.2) is 28.5 Å². The molecule has 0 aromatic carbocycles. The lowest BCUT2D eigenvalue weighted by Crippen LogP contribution is -3.11. The van der Waals surface area contributed by atoms with Gasteiger partial charge in [-0.05, 0) is 24.3 Å². The number of amides is 1. The summed E-state index contributed by atoms with van der Waals surface area (Å²) in [5, 5.41) is 3.18. The zero-order valence-corrected chi connectivity index (χ0v) is 13.3. The predicted molar refractivity (Wildman–Crippen MR) is 86.0 cm³/mol. The smallest absolute Gasteiger partial charge is 0.279 e. The second kappa shape index (κ2) is 6.50. The van der Waals surface area contributed by atoms with Crippen LogP contribution >= 0.6 is 11.6 Å². The Balaban J connectivity index is 1.66. The topological polar surface area (TPSA) is 51.4 Å². The van der Waals surface area contributed by atoms with Gasteiger partial charge in [0.2, 0.25) is 0 Å². The summed E-state index contributed by atoms with van der Waals surface area (Å²) in [4.78, 5) is 17.6. The SMILES string of the molecule is Cn1cccc1[C@@H]1CCC[NH+]1CC(=O)Nc1cccnc1Cl. The molecule has 0 spiro atoms. The standard InChI is InChI=1S/C16H19ClN4O/c1-20-9-3-6-13(20)14-7-4-10-21(14)11-15(22)19-12-5-2-8-18-16(12)17/h2-3,5-6,8-9,14H,4,7,10-11H2,1H3,(H,19,22)/p+1/t14-/m0/s1. The molecular formula is C16H20ClN4O+. The molecule has 1 aliphatic rings. The maximum absolute atomic E-state index is 12.3. The van der Waals surface area contributed by atoms with Crippen molar-refractivity contribution in [3.63, 3.8) is 0 Å². The van der Waals surface area contributed by atoms with Crippen molar-refractivity contribution < 1.29 is 9.69 Å². The summed E-state index contributed by atoms with van der Waals surface area (Å²) < 4.78 is 2.14. The molecule has 0 bridgehead atoms. The number of carbonyl (C=O) groups is 1. The van der Waals surface area contributed by atoms with Crippen LogP contribution in [0.1, 0.15) is 24.6 Å². The number of aryl methyl sites for hydroxylation is 1. The summed E-state index contributed by atoms with van der Waals surface area (Å²) in [6, 6.07) is 8.11. The van der Waals surface area contributed by atoms with Crippen molar-refractivity contribution in [3.05, 3.63) is 47.5 Å². The Morgan fingerprint density at radius 3 is 3.09 bits per heavy atom. The number of hydrogen-bond donors (Lipinski definition) is 2. The monoisotopic (exact) mass is 319 g/mol. The minimum absolute atomic E-state index is 0.0222. The van der Waals surface area contributed by atoms with E-state index >= 15 is 0 Å². The van der Waals surface area contributed by atoms with Crippen molar-refractivity contribution in [1.29, 1.82) is 0 Å². The van der Waals surface area contributed by atoms with Crippen molar-refractivity contribution in [2.24, 2.45) is 7.05 Å². The van der Waals surface area contributed by atoms with Crippen LogP contribution in [0.5, 0.6) is 0 Å². The Morgan fingerprint density at radius 1 is 1.50 bits per heavy atom. The van der Waals surface area contributed by atoms with E-state index in [2.05, 4.69) is 40.2 Å². The molecule has 116 valence electrons. The summed E-state index contributed by atoms with van der Waals surface area (Å²) in [5.41, 5.74) is 1.86. The summed E-state index contributed by atoms with van der Waals surface area (Å²) in [6.07, 6.45) is 5.93. The first-order valence-electron chi connectivity index (χ1n) is 7.51. The Hall–Kier alpha value is -1.85. The van der Waals surface area contributed by atoms with Gasteiger partial charge in [-0.15, -0.1) is 0 Å². The molecule has 22 heavy (non-hydrogen) atoms. The van der Waals surface area contributed by atoms with Crippen molar-refractivity contribution in [3.8, 4) is 0 Å². The van der Waals surface area contributed by atoms with Gasteiger partial charge in [-0.2, -0.15) is 0 Å². The molecule has 0 radical (unpaired) electrons. The summed E-state index contributed by atoms with van der Waals surface area (Å²) in [7, 11) is 2.06. The number of nitrogens with one attached hydrogen (secondary N) is 2. The summed E-state index contributed by atoms with van der Waals surface area (Å²) >= 11 is 5.98. The highest BCUT2D eigenvalue weighted by atomic mass is 35.5.